The molecule has 2 aromatic rings. The topological polar surface area (TPSA) is 114 Å². The molecule has 0 radical (unpaired) electrons. The van der Waals surface area contributed by atoms with Gasteiger partial charge in [-0.3, -0.25) is 14.3 Å². The minimum atomic E-state index is -3.72. The fraction of sp³-hybridized carbons (Fsp3) is 0.633. The number of nitrogens with one attached hydrogen (secondary N) is 1. The first kappa shape index (κ1) is 29.6. The van der Waals surface area contributed by atoms with E-state index < -0.39 is 15.4 Å². The number of fused-ring (bicyclic) bond motifs is 1. The average Bonchev–Trinajstić information content (AvgIpc) is 3.34. The second kappa shape index (κ2) is 12.5. The third kappa shape index (κ3) is 6.45. The van der Waals surface area contributed by atoms with Gasteiger partial charge < -0.3 is 15.0 Å². The SMILES string of the molecule is Cc1nn(C)cc1S(=O)(=O)N1CCCC(C(=O)N2CCC3(CCCCCc4ccccc4OCCNC3=O)CC2)C1. The molecule has 41 heavy (non-hydrogen) atoms. The third-order valence-corrected chi connectivity index (χ3v) is 11.0. The average molecular weight is 586 g/mol. The van der Waals surface area contributed by atoms with Crippen molar-refractivity contribution in [1.82, 2.24) is 24.3 Å². The molecule has 1 aromatic carbocycles. The summed E-state index contributed by atoms with van der Waals surface area (Å²) in [6.07, 6.45) is 8.89. The molecule has 4 heterocycles. The molecule has 2 amide bonds. The van der Waals surface area contributed by atoms with Crippen molar-refractivity contribution in [2.24, 2.45) is 18.4 Å². The normalized spacial score (nSPS) is 22.9. The number of amides is 2. The highest BCUT2D eigenvalue weighted by Crippen LogP contribution is 2.38. The van der Waals surface area contributed by atoms with Gasteiger partial charge in [-0.15, -0.1) is 0 Å². The van der Waals surface area contributed by atoms with Gasteiger partial charge in [0.1, 0.15) is 17.3 Å². The van der Waals surface area contributed by atoms with Crippen molar-refractivity contribution in [2.45, 2.75) is 69.6 Å². The first-order valence-electron chi connectivity index (χ1n) is 15.0. The molecule has 10 nitrogen and oxygen atoms in total. The van der Waals surface area contributed by atoms with Gasteiger partial charge in [0.25, 0.3) is 0 Å². The van der Waals surface area contributed by atoms with Crippen molar-refractivity contribution in [3.05, 3.63) is 41.7 Å². The van der Waals surface area contributed by atoms with Crippen molar-refractivity contribution < 1.29 is 22.7 Å². The lowest BCUT2D eigenvalue weighted by Gasteiger charge is -2.42. The van der Waals surface area contributed by atoms with Crippen LogP contribution in [-0.2, 0) is 33.1 Å². The van der Waals surface area contributed by atoms with Crippen LogP contribution in [0.5, 0.6) is 5.75 Å². The Morgan fingerprint density at radius 3 is 2.61 bits per heavy atom. The summed E-state index contributed by atoms with van der Waals surface area (Å²) >= 11 is 0. The molecule has 1 atom stereocenters. The Kier molecular flexibility index (Phi) is 9.03. The molecule has 1 aromatic heterocycles. The molecule has 0 bridgehead atoms. The maximum Gasteiger partial charge on any atom is 0.246 e. The number of carbonyl (C=O) groups excluding carboxylic acids is 2. The van der Waals surface area contributed by atoms with E-state index in [2.05, 4.69) is 16.5 Å². The predicted molar refractivity (Wildman–Crippen MR) is 155 cm³/mol. The van der Waals surface area contributed by atoms with Gasteiger partial charge in [0.05, 0.1) is 23.6 Å². The van der Waals surface area contributed by atoms with Crippen molar-refractivity contribution in [1.29, 1.82) is 0 Å². The summed E-state index contributed by atoms with van der Waals surface area (Å²) in [5, 5.41) is 7.31. The maximum absolute atomic E-state index is 13.6. The van der Waals surface area contributed by atoms with E-state index in [1.807, 2.05) is 23.1 Å². The van der Waals surface area contributed by atoms with Crippen LogP contribution >= 0.6 is 0 Å². The van der Waals surface area contributed by atoms with Crippen molar-refractivity contribution in [2.75, 3.05) is 39.3 Å². The van der Waals surface area contributed by atoms with Crippen LogP contribution < -0.4 is 10.1 Å². The maximum atomic E-state index is 13.6. The Hall–Kier alpha value is -2.92. The highest BCUT2D eigenvalue weighted by Gasteiger charge is 2.43. The summed E-state index contributed by atoms with van der Waals surface area (Å²) in [7, 11) is -2.02. The highest BCUT2D eigenvalue weighted by molar-refractivity contribution is 7.89. The molecular formula is C30H43N5O5S. The molecule has 3 aliphatic rings. The van der Waals surface area contributed by atoms with Gasteiger partial charge in [-0.25, -0.2) is 8.42 Å². The van der Waals surface area contributed by atoms with Crippen LogP contribution in [0, 0.1) is 18.3 Å². The van der Waals surface area contributed by atoms with E-state index in [0.29, 0.717) is 64.2 Å². The lowest BCUT2D eigenvalue weighted by atomic mass is 9.73. The van der Waals surface area contributed by atoms with Crippen LogP contribution in [0.4, 0.5) is 0 Å². The number of nitrogens with zero attached hydrogens (tertiary/aromatic N) is 4. The predicted octanol–water partition coefficient (Wildman–Crippen LogP) is 3.05. The number of aromatic nitrogens is 2. The molecule has 11 heteroatoms. The van der Waals surface area contributed by atoms with Crippen LogP contribution in [0.3, 0.4) is 0 Å². The number of hydrogen-bond acceptors (Lipinski definition) is 6. The zero-order valence-corrected chi connectivity index (χ0v) is 25.1. The first-order valence-corrected chi connectivity index (χ1v) is 16.4. The molecule has 2 fully saturated rings. The summed E-state index contributed by atoms with van der Waals surface area (Å²) in [5.74, 6) is 0.575. The lowest BCUT2D eigenvalue weighted by molar-refractivity contribution is -0.144. The minimum absolute atomic E-state index is 0.00104. The summed E-state index contributed by atoms with van der Waals surface area (Å²) in [4.78, 5) is 29.2. The van der Waals surface area contributed by atoms with Crippen LogP contribution in [0.15, 0.2) is 35.4 Å². The second-order valence-corrected chi connectivity index (χ2v) is 13.7. The van der Waals surface area contributed by atoms with Gasteiger partial charge in [-0.1, -0.05) is 31.0 Å². The molecule has 0 aliphatic carbocycles. The summed E-state index contributed by atoms with van der Waals surface area (Å²) in [6, 6.07) is 8.12. The Balaban J connectivity index is 1.20. The van der Waals surface area contributed by atoms with E-state index >= 15 is 0 Å². The number of carbonyl (C=O) groups is 2. The zero-order chi connectivity index (χ0) is 29.0. The smallest absolute Gasteiger partial charge is 0.246 e. The van der Waals surface area contributed by atoms with Gasteiger partial charge >= 0.3 is 0 Å². The Morgan fingerprint density at radius 2 is 1.85 bits per heavy atom. The minimum Gasteiger partial charge on any atom is -0.491 e. The number of rotatable bonds is 3. The van der Waals surface area contributed by atoms with E-state index in [1.54, 1.807) is 14.0 Å². The molecule has 2 saturated heterocycles. The zero-order valence-electron chi connectivity index (χ0n) is 24.3. The van der Waals surface area contributed by atoms with Gasteiger partial charge in [-0.05, 0) is 63.5 Å². The number of likely N-dealkylation sites (tertiary alicyclic amines) is 1. The van der Waals surface area contributed by atoms with Gasteiger partial charge in [0.2, 0.25) is 21.8 Å². The van der Waals surface area contributed by atoms with Gasteiger partial charge in [-0.2, -0.15) is 9.40 Å². The van der Waals surface area contributed by atoms with Crippen molar-refractivity contribution in [3.8, 4) is 5.75 Å². The quantitative estimate of drug-likeness (QED) is 0.593. The number of sulfonamides is 1. The second-order valence-electron chi connectivity index (χ2n) is 11.8. The van der Waals surface area contributed by atoms with E-state index in [4.69, 9.17) is 4.74 Å². The standard InChI is InChI=1S/C30H43N5O5S/c1-23-27(22-33(2)32-23)41(38,39)35-17-8-11-25(21-35)28(36)34-18-14-30(15-19-34)13-7-3-4-9-24-10-5-6-12-26(24)40-20-16-31-29(30)37/h5-6,10,12,22,25H,3-4,7-9,11,13-21H2,1-2H3,(H,31,37). The van der Waals surface area contributed by atoms with Crippen molar-refractivity contribution in [3.63, 3.8) is 0 Å². The summed E-state index contributed by atoms with van der Waals surface area (Å²) in [6.45, 7) is 4.16. The summed E-state index contributed by atoms with van der Waals surface area (Å²) < 4.78 is 35.6. The molecule has 1 unspecified atom stereocenters. The monoisotopic (exact) mass is 585 g/mol. The van der Waals surface area contributed by atoms with Crippen LogP contribution in [0.25, 0.3) is 0 Å². The van der Waals surface area contributed by atoms with E-state index in [1.165, 1.54) is 20.7 Å². The molecule has 1 spiro atoms. The Morgan fingerprint density at radius 1 is 1.07 bits per heavy atom. The highest BCUT2D eigenvalue weighted by atomic mass is 32.2. The number of piperidine rings is 2. The van der Waals surface area contributed by atoms with Gasteiger partial charge in [0, 0.05) is 39.4 Å². The lowest BCUT2D eigenvalue weighted by Crippen LogP contribution is -2.53. The summed E-state index contributed by atoms with van der Waals surface area (Å²) in [5.41, 5.74) is 1.19. The largest absolute Gasteiger partial charge is 0.491 e. The van der Waals surface area contributed by atoms with E-state index in [-0.39, 0.29) is 29.2 Å². The fourth-order valence-corrected chi connectivity index (χ4v) is 8.38. The molecule has 0 saturated carbocycles. The molecule has 224 valence electrons. The van der Waals surface area contributed by atoms with E-state index in [0.717, 1.165) is 37.9 Å². The van der Waals surface area contributed by atoms with Crippen LogP contribution in [0.1, 0.15) is 62.6 Å². The fourth-order valence-electron chi connectivity index (χ4n) is 6.66. The van der Waals surface area contributed by atoms with E-state index in [9.17, 15) is 18.0 Å². The number of benzene rings is 1. The Bertz CT molecular complexity index is 1350. The van der Waals surface area contributed by atoms with Crippen molar-refractivity contribution >= 4 is 21.8 Å². The molecule has 3 aliphatic heterocycles. The first-order chi connectivity index (χ1) is 19.7. The molecule has 1 N–H and O–H groups in total. The molecular weight excluding hydrogens is 542 g/mol. The number of aryl methyl sites for hydroxylation is 3. The number of ether oxygens (including phenoxy) is 1. The Labute approximate surface area is 243 Å². The van der Waals surface area contributed by atoms with Crippen LogP contribution in [-0.4, -0.2) is 78.5 Å². The number of para-hydroxylation sites is 1. The van der Waals surface area contributed by atoms with Gasteiger partial charge in [0.15, 0.2) is 0 Å². The molecule has 5 rings (SSSR count). The number of hydrogen-bond donors (Lipinski definition) is 1. The third-order valence-electron chi connectivity index (χ3n) is 9.05. The van der Waals surface area contributed by atoms with Crippen LogP contribution in [0.2, 0.25) is 0 Å².